The Balaban J connectivity index is 0.000000150. The molecule has 13 nitrogen and oxygen atoms in total. The van der Waals surface area contributed by atoms with Gasteiger partial charge in [0.25, 0.3) is 17.8 Å². The molecule has 6 aliphatic heterocycles. The van der Waals surface area contributed by atoms with Crippen LogP contribution in [0.1, 0.15) is 100 Å². The molecule has 1 aromatic heterocycles. The molecule has 534 valence electrons. The predicted molar refractivity (Wildman–Crippen MR) is 366 cm³/mol. The highest BCUT2D eigenvalue weighted by Gasteiger charge is 2.39. The van der Waals surface area contributed by atoms with Gasteiger partial charge in [-0.25, -0.2) is 26.3 Å². The second-order valence-corrected chi connectivity index (χ2v) is 27.9. The van der Waals surface area contributed by atoms with E-state index >= 15 is 0 Å². The van der Waals surface area contributed by atoms with Crippen LogP contribution in [0.15, 0.2) is 140 Å². The van der Waals surface area contributed by atoms with Crippen LogP contribution in [0.4, 0.5) is 39.5 Å². The highest BCUT2D eigenvalue weighted by atomic mass is 19.3. The van der Waals surface area contributed by atoms with Gasteiger partial charge in [0.2, 0.25) is 0 Å². The number of nitrogens with one attached hydrogen (secondary N) is 1. The summed E-state index contributed by atoms with van der Waals surface area (Å²) in [6.45, 7) is 11.4. The maximum Gasteiger partial charge on any atom is 0.257 e. The number of fused-ring (bicyclic) bond motifs is 3. The predicted octanol–water partition coefficient (Wildman–Crippen LogP) is 13.1. The number of aromatic nitrogens is 2. The van der Waals surface area contributed by atoms with Crippen molar-refractivity contribution in [3.05, 3.63) is 201 Å². The molecule has 0 amide bonds. The molecule has 0 radical (unpaired) electrons. The molecule has 0 unspecified atom stereocenters. The van der Waals surface area contributed by atoms with Crippen LogP contribution in [-0.2, 0) is 32.5 Å². The number of benzene rings is 6. The standard InChI is InChI=1S/C27H31F3N4O.2C25H31F3N2O2/c1-27(29,30)18-34-11-9-21-14-22(25-8-10-31-32-25)4-7-24(21)26(34)20-2-5-23(6-3-20)35-13-12-33-16-19(15-28)17-33;2*1-25(27,28)17-30-9-8-21-12-18(16-31)2-7-23(21)24(30)20-3-5-22(6-4-20)32-11-10-29-14-19(13-26)15-29/h2-8,10,14,19,26H,9,11-13,15-18H2,1H3,(H,31,32);2*2-7,12,19,24,31H,8-11,13-17H2,1H3/t26-;2*24-/m010/s1. The van der Waals surface area contributed by atoms with E-state index in [4.69, 9.17) is 14.2 Å². The molecule has 6 aromatic carbocycles. The maximum atomic E-state index is 14.1. The second-order valence-electron chi connectivity index (χ2n) is 27.9. The molecule has 6 aliphatic rings. The number of hydrogen-bond donors (Lipinski definition) is 3. The van der Waals surface area contributed by atoms with Crippen LogP contribution in [0.5, 0.6) is 17.2 Å². The summed E-state index contributed by atoms with van der Waals surface area (Å²) in [7, 11) is 0. The molecule has 7 aromatic rings. The van der Waals surface area contributed by atoms with Crippen molar-refractivity contribution in [2.75, 3.05) is 138 Å². The molecule has 99 heavy (non-hydrogen) atoms. The van der Waals surface area contributed by atoms with E-state index in [2.05, 4.69) is 37.0 Å². The zero-order valence-corrected chi connectivity index (χ0v) is 56.8. The number of aliphatic hydroxyl groups excluding tert-OH is 2. The Kier molecular flexibility index (Phi) is 24.5. The first-order chi connectivity index (χ1) is 47.6. The summed E-state index contributed by atoms with van der Waals surface area (Å²) >= 11 is 0. The van der Waals surface area contributed by atoms with Gasteiger partial charge in [-0.05, 0) is 135 Å². The lowest BCUT2D eigenvalue weighted by molar-refractivity contribution is -0.0244. The Morgan fingerprint density at radius 3 is 1.05 bits per heavy atom. The Morgan fingerprint density at radius 1 is 0.434 bits per heavy atom. The number of aliphatic hydroxyl groups is 2. The molecule has 0 spiro atoms. The number of halogens is 9. The van der Waals surface area contributed by atoms with Gasteiger partial charge in [0.1, 0.15) is 37.1 Å². The van der Waals surface area contributed by atoms with Gasteiger partial charge in [-0.15, -0.1) is 0 Å². The minimum Gasteiger partial charge on any atom is -0.492 e. The normalized spacial score (nSPS) is 19.8. The van der Waals surface area contributed by atoms with Crippen molar-refractivity contribution in [2.24, 2.45) is 17.8 Å². The third-order valence-corrected chi connectivity index (χ3v) is 19.5. The quantitative estimate of drug-likeness (QED) is 0.0426. The first kappa shape index (κ1) is 73.2. The van der Waals surface area contributed by atoms with Crippen LogP contribution in [0.2, 0.25) is 0 Å². The van der Waals surface area contributed by atoms with Crippen LogP contribution < -0.4 is 14.2 Å². The minimum atomic E-state index is -2.79. The van der Waals surface area contributed by atoms with Gasteiger partial charge in [0, 0.05) is 123 Å². The van der Waals surface area contributed by atoms with Gasteiger partial charge in [0.05, 0.1) is 76.7 Å². The first-order valence-electron chi connectivity index (χ1n) is 34.6. The van der Waals surface area contributed by atoms with Crippen molar-refractivity contribution in [1.29, 1.82) is 0 Å². The van der Waals surface area contributed by atoms with Crippen molar-refractivity contribution >= 4 is 0 Å². The van der Waals surface area contributed by atoms with E-state index in [1.807, 2.05) is 136 Å². The summed E-state index contributed by atoms with van der Waals surface area (Å²) in [4.78, 5) is 12.1. The fourth-order valence-corrected chi connectivity index (χ4v) is 14.7. The van der Waals surface area contributed by atoms with Gasteiger partial charge in [-0.1, -0.05) is 84.9 Å². The summed E-state index contributed by atoms with van der Waals surface area (Å²) in [5.41, 5.74) is 12.9. The third kappa shape index (κ3) is 19.7. The van der Waals surface area contributed by atoms with E-state index in [9.17, 15) is 49.7 Å². The molecule has 13 rings (SSSR count). The summed E-state index contributed by atoms with van der Waals surface area (Å²) < 4.78 is 139. The molecule has 3 N–H and O–H groups in total. The fraction of sp³-hybridized carbons (Fsp3) is 0.494. The maximum absolute atomic E-state index is 14.1. The van der Waals surface area contributed by atoms with Crippen LogP contribution in [0, 0.1) is 17.8 Å². The summed E-state index contributed by atoms with van der Waals surface area (Å²) in [5.74, 6) is -5.66. The van der Waals surface area contributed by atoms with E-state index in [0.29, 0.717) is 58.7 Å². The lowest BCUT2D eigenvalue weighted by Crippen LogP contribution is -2.49. The molecule has 0 aliphatic carbocycles. The van der Waals surface area contributed by atoms with Crippen LogP contribution >= 0.6 is 0 Å². The van der Waals surface area contributed by atoms with Gasteiger partial charge in [-0.2, -0.15) is 5.10 Å². The smallest absolute Gasteiger partial charge is 0.257 e. The molecule has 22 heteroatoms. The Bertz CT molecular complexity index is 3500. The highest BCUT2D eigenvalue weighted by molar-refractivity contribution is 5.62. The third-order valence-electron chi connectivity index (χ3n) is 19.5. The van der Waals surface area contributed by atoms with Crippen molar-refractivity contribution in [3.63, 3.8) is 0 Å². The topological polar surface area (TPSA) is 116 Å². The van der Waals surface area contributed by atoms with E-state index in [-0.39, 0.29) is 88.8 Å². The minimum absolute atomic E-state index is 0.0351. The number of alkyl halides is 9. The largest absolute Gasteiger partial charge is 0.492 e. The SMILES string of the molecule is CC(F)(F)CN1CCc2cc(-c3ccn[nH]3)ccc2[C@@H]1c1ccc(OCCN2CC(CF)C2)cc1.CC(F)(F)CN1CCc2cc(CO)ccc2[C@@H]1c1ccc(OCCN2CC(CF)C2)cc1.CC(F)(F)CN1CCc2cc(CO)ccc2[C@H]1c1ccc(OCCN2CC(CF)C2)cc1. The molecule has 3 fully saturated rings. The fourth-order valence-electron chi connectivity index (χ4n) is 14.7. The van der Waals surface area contributed by atoms with Gasteiger partial charge < -0.3 is 24.4 Å². The van der Waals surface area contributed by atoms with Crippen LogP contribution in [0.25, 0.3) is 11.3 Å². The van der Waals surface area contributed by atoms with Gasteiger partial charge >= 0.3 is 0 Å². The first-order valence-corrected chi connectivity index (χ1v) is 34.6. The zero-order chi connectivity index (χ0) is 69.8. The Morgan fingerprint density at radius 2 is 0.758 bits per heavy atom. The van der Waals surface area contributed by atoms with Gasteiger partial charge in [-0.3, -0.25) is 47.7 Å². The number of aromatic amines is 1. The molecule has 3 saturated heterocycles. The molecule has 0 saturated carbocycles. The Hall–Kier alpha value is -7.02. The highest BCUT2D eigenvalue weighted by Crippen LogP contribution is 2.42. The van der Waals surface area contributed by atoms with Crippen molar-refractivity contribution < 1.29 is 63.9 Å². The summed E-state index contributed by atoms with van der Waals surface area (Å²) in [5, 5.41) is 26.0. The van der Waals surface area contributed by atoms with Crippen molar-refractivity contribution in [1.82, 2.24) is 39.6 Å². The van der Waals surface area contributed by atoms with Gasteiger partial charge in [0.15, 0.2) is 0 Å². The lowest BCUT2D eigenvalue weighted by atomic mass is 9.86. The number of hydrogen-bond acceptors (Lipinski definition) is 12. The number of likely N-dealkylation sites (tertiary alicyclic amines) is 3. The van der Waals surface area contributed by atoms with E-state index in [1.54, 1.807) is 6.20 Å². The van der Waals surface area contributed by atoms with Crippen molar-refractivity contribution in [2.45, 2.75) is 89.1 Å². The Labute approximate surface area is 575 Å². The second kappa shape index (κ2) is 33.2. The molecule has 3 atom stereocenters. The number of H-pyrrole nitrogens is 1. The molecular formula is C77H93F9N8O5. The summed E-state index contributed by atoms with van der Waals surface area (Å²) in [6.07, 6.45) is 3.79. The molecule has 0 bridgehead atoms. The van der Waals surface area contributed by atoms with E-state index < -0.39 is 17.8 Å². The molecular weight excluding hydrogens is 1290 g/mol. The molecule has 7 heterocycles. The monoisotopic (exact) mass is 1380 g/mol. The number of ether oxygens (including phenoxy) is 3. The lowest BCUT2D eigenvalue weighted by Gasteiger charge is -2.39. The summed E-state index contributed by atoms with van der Waals surface area (Å²) in [6, 6.07) is 42.0. The van der Waals surface area contributed by atoms with Crippen LogP contribution in [-0.4, -0.2) is 206 Å². The van der Waals surface area contributed by atoms with E-state index in [0.717, 1.165) is 164 Å². The average Bonchev–Trinajstić information content (AvgIpc) is 1.37. The van der Waals surface area contributed by atoms with E-state index in [1.165, 1.54) is 5.56 Å². The van der Waals surface area contributed by atoms with Crippen molar-refractivity contribution in [3.8, 4) is 28.5 Å². The van der Waals surface area contributed by atoms with Crippen LogP contribution in [0.3, 0.4) is 0 Å². The zero-order valence-electron chi connectivity index (χ0n) is 56.8. The average molecular weight is 1380 g/mol. The number of nitrogens with zero attached hydrogens (tertiary/aromatic N) is 7. The number of rotatable bonds is 27.